The Balaban J connectivity index is 2.32. The first-order chi connectivity index (χ1) is 7.74. The zero-order valence-corrected chi connectivity index (χ0v) is 9.42. The molecule has 0 fully saturated rings. The van der Waals surface area contributed by atoms with Crippen molar-refractivity contribution in [3.05, 3.63) is 47.5 Å². The molecule has 0 radical (unpaired) electrons. The topological polar surface area (TPSA) is 12.0 Å². The Morgan fingerprint density at radius 2 is 1.94 bits per heavy atom. The summed E-state index contributed by atoms with van der Waals surface area (Å²) in [6.07, 6.45) is 2.72. The first-order valence-electron chi connectivity index (χ1n) is 5.43. The molecule has 0 atom stereocenters. The van der Waals surface area contributed by atoms with E-state index in [1.165, 1.54) is 12.1 Å². The molecule has 0 heterocycles. The molecule has 0 spiro atoms. The van der Waals surface area contributed by atoms with E-state index in [9.17, 15) is 8.78 Å². The third-order valence-electron chi connectivity index (χ3n) is 2.28. The lowest BCUT2D eigenvalue weighted by Crippen LogP contribution is -2.13. The van der Waals surface area contributed by atoms with Crippen LogP contribution in [0.5, 0.6) is 0 Å². The van der Waals surface area contributed by atoms with Crippen LogP contribution in [0.2, 0.25) is 0 Å². The molecule has 88 valence electrons. The van der Waals surface area contributed by atoms with E-state index in [0.29, 0.717) is 0 Å². The van der Waals surface area contributed by atoms with Crippen LogP contribution in [0.3, 0.4) is 0 Å². The van der Waals surface area contributed by atoms with Gasteiger partial charge >= 0.3 is 0 Å². The number of hydrogen-bond acceptors (Lipinski definition) is 1. The van der Waals surface area contributed by atoms with Crippen LogP contribution < -0.4 is 5.32 Å². The zero-order valence-electron chi connectivity index (χ0n) is 9.42. The van der Waals surface area contributed by atoms with Crippen LogP contribution in [0.15, 0.2) is 36.4 Å². The summed E-state index contributed by atoms with van der Waals surface area (Å²) in [5.41, 5.74) is 1.11. The number of alkyl halides is 2. The lowest BCUT2D eigenvalue weighted by molar-refractivity contribution is 0.151. The summed E-state index contributed by atoms with van der Waals surface area (Å²) < 4.78 is 24.5. The summed E-state index contributed by atoms with van der Waals surface area (Å²) in [6, 6.07) is 6.44. The van der Waals surface area contributed by atoms with E-state index in [2.05, 4.69) is 11.4 Å². The van der Waals surface area contributed by atoms with Crippen LogP contribution in [0.4, 0.5) is 8.78 Å². The number of hydrogen-bond donors (Lipinski definition) is 1. The van der Waals surface area contributed by atoms with Gasteiger partial charge in [0.1, 0.15) is 0 Å². The van der Waals surface area contributed by atoms with Gasteiger partial charge in [0, 0.05) is 12.1 Å². The third kappa shape index (κ3) is 4.53. The van der Waals surface area contributed by atoms with E-state index < -0.39 is 6.43 Å². The van der Waals surface area contributed by atoms with Crippen LogP contribution in [-0.4, -0.2) is 6.54 Å². The fourth-order valence-corrected chi connectivity index (χ4v) is 1.37. The molecular formula is C13H17F2N. The van der Waals surface area contributed by atoms with Crippen molar-refractivity contribution in [3.8, 4) is 0 Å². The highest BCUT2D eigenvalue weighted by molar-refractivity contribution is 5.23. The molecule has 0 bridgehead atoms. The fraction of sp³-hybridized carbons (Fsp3) is 0.385. The molecule has 0 aliphatic carbocycles. The number of nitrogens with one attached hydrogen (secondary N) is 1. The van der Waals surface area contributed by atoms with Gasteiger partial charge in [0.05, 0.1) is 0 Å². The zero-order chi connectivity index (χ0) is 11.8. The molecule has 1 aromatic carbocycles. The number of halogens is 2. The second kappa shape index (κ2) is 7.12. The van der Waals surface area contributed by atoms with Crippen molar-refractivity contribution in [2.24, 2.45) is 0 Å². The Morgan fingerprint density at radius 3 is 2.50 bits per heavy atom. The quantitative estimate of drug-likeness (QED) is 0.575. The monoisotopic (exact) mass is 225 g/mol. The Labute approximate surface area is 95.2 Å². The van der Waals surface area contributed by atoms with Gasteiger partial charge in [-0.1, -0.05) is 36.4 Å². The molecule has 0 saturated heterocycles. The lowest BCUT2D eigenvalue weighted by Gasteiger charge is -2.04. The van der Waals surface area contributed by atoms with Crippen LogP contribution in [0, 0.1) is 0 Å². The van der Waals surface area contributed by atoms with Gasteiger partial charge in [-0.3, -0.25) is 0 Å². The summed E-state index contributed by atoms with van der Waals surface area (Å²) in [6.45, 7) is 3.62. The summed E-state index contributed by atoms with van der Waals surface area (Å²) in [5, 5.41) is 3.25. The van der Waals surface area contributed by atoms with Gasteiger partial charge in [-0.25, -0.2) is 8.78 Å². The normalized spacial score (nSPS) is 11.5. The largest absolute Gasteiger partial charge is 0.312 e. The second-order valence-corrected chi connectivity index (χ2v) is 3.58. The lowest BCUT2D eigenvalue weighted by atomic mass is 10.1. The molecule has 16 heavy (non-hydrogen) atoms. The van der Waals surface area contributed by atoms with Gasteiger partial charge < -0.3 is 5.32 Å². The third-order valence-corrected chi connectivity index (χ3v) is 2.28. The highest BCUT2D eigenvalue weighted by atomic mass is 19.3. The number of allylic oxidation sites excluding steroid dienone is 1. The van der Waals surface area contributed by atoms with Gasteiger partial charge in [-0.2, -0.15) is 0 Å². The van der Waals surface area contributed by atoms with Crippen molar-refractivity contribution >= 4 is 0 Å². The smallest absolute Gasteiger partial charge is 0.263 e. The molecule has 0 aliphatic heterocycles. The Kier molecular flexibility index (Phi) is 5.72. The minimum atomic E-state index is -2.38. The van der Waals surface area contributed by atoms with E-state index in [0.717, 1.165) is 25.1 Å². The molecule has 1 rings (SSSR count). The molecule has 0 aromatic heterocycles. The maximum Gasteiger partial charge on any atom is 0.263 e. The minimum absolute atomic E-state index is 0.0812. The molecular weight excluding hydrogens is 208 g/mol. The van der Waals surface area contributed by atoms with E-state index in [1.54, 1.807) is 12.1 Å². The van der Waals surface area contributed by atoms with Crippen molar-refractivity contribution in [2.45, 2.75) is 26.3 Å². The van der Waals surface area contributed by atoms with Crippen molar-refractivity contribution in [3.63, 3.8) is 0 Å². The van der Waals surface area contributed by atoms with Crippen molar-refractivity contribution in [1.29, 1.82) is 0 Å². The predicted molar refractivity (Wildman–Crippen MR) is 62.5 cm³/mol. The molecule has 0 amide bonds. The highest BCUT2D eigenvalue weighted by Crippen LogP contribution is 2.18. The van der Waals surface area contributed by atoms with Gasteiger partial charge in [-0.05, 0) is 25.5 Å². The van der Waals surface area contributed by atoms with E-state index in [-0.39, 0.29) is 5.56 Å². The molecule has 0 saturated carbocycles. The summed E-state index contributed by atoms with van der Waals surface area (Å²) in [7, 11) is 0. The molecule has 0 aliphatic rings. The first-order valence-corrected chi connectivity index (χ1v) is 5.43. The predicted octanol–water partition coefficient (Wildman–Crippen LogP) is 3.68. The second-order valence-electron chi connectivity index (χ2n) is 3.58. The Morgan fingerprint density at radius 1 is 1.25 bits per heavy atom. The molecule has 3 heteroatoms. The molecule has 1 aromatic rings. The fourth-order valence-electron chi connectivity index (χ4n) is 1.37. The summed E-state index contributed by atoms with van der Waals surface area (Å²) in [5.74, 6) is 0. The van der Waals surface area contributed by atoms with Crippen LogP contribution in [0.1, 0.15) is 30.9 Å². The van der Waals surface area contributed by atoms with Crippen molar-refractivity contribution < 1.29 is 8.78 Å². The number of benzene rings is 1. The van der Waals surface area contributed by atoms with Crippen LogP contribution in [0.25, 0.3) is 0 Å². The van der Waals surface area contributed by atoms with Gasteiger partial charge in [-0.15, -0.1) is 0 Å². The highest BCUT2D eigenvalue weighted by Gasteiger charge is 2.05. The molecule has 0 unspecified atom stereocenters. The van der Waals surface area contributed by atoms with Crippen molar-refractivity contribution in [2.75, 3.05) is 6.54 Å². The maximum atomic E-state index is 12.3. The van der Waals surface area contributed by atoms with Crippen molar-refractivity contribution in [1.82, 2.24) is 5.32 Å². The average molecular weight is 225 g/mol. The Hall–Kier alpha value is -1.22. The van der Waals surface area contributed by atoms with E-state index >= 15 is 0 Å². The summed E-state index contributed by atoms with van der Waals surface area (Å²) >= 11 is 0. The standard InChI is InChI=1S/C13H17F2N/c1-2-3-4-9-16-10-11-5-7-12(8-6-11)13(14)15/h2-3,5-8,13,16H,4,9-10H2,1H3/b3-2+. The molecule has 1 N–H and O–H groups in total. The van der Waals surface area contributed by atoms with E-state index in [1.807, 2.05) is 13.0 Å². The average Bonchev–Trinajstić information content (AvgIpc) is 2.29. The van der Waals surface area contributed by atoms with Gasteiger partial charge in [0.25, 0.3) is 6.43 Å². The van der Waals surface area contributed by atoms with E-state index in [4.69, 9.17) is 0 Å². The van der Waals surface area contributed by atoms with Gasteiger partial charge in [0.2, 0.25) is 0 Å². The summed E-state index contributed by atoms with van der Waals surface area (Å²) in [4.78, 5) is 0. The Bertz CT molecular complexity index is 317. The SMILES string of the molecule is C/C=C/CCNCc1ccc(C(F)F)cc1. The van der Waals surface area contributed by atoms with Crippen LogP contribution in [-0.2, 0) is 6.54 Å². The molecule has 1 nitrogen and oxygen atoms in total. The van der Waals surface area contributed by atoms with Gasteiger partial charge in [0.15, 0.2) is 0 Å². The van der Waals surface area contributed by atoms with Crippen LogP contribution >= 0.6 is 0 Å². The maximum absolute atomic E-state index is 12.3. The minimum Gasteiger partial charge on any atom is -0.312 e. The first kappa shape index (κ1) is 12.8. The number of rotatable bonds is 6.